The van der Waals surface area contributed by atoms with Crippen molar-refractivity contribution in [3.63, 3.8) is 0 Å². The van der Waals surface area contributed by atoms with Crippen molar-refractivity contribution in [2.75, 3.05) is 11.1 Å². The number of aliphatic hydroxyl groups excluding tert-OH is 1. The smallest absolute Gasteiger partial charge is 0.134 e. The normalized spacial score (nSPS) is 23.9. The van der Waals surface area contributed by atoms with Gasteiger partial charge in [-0.15, -0.1) is 0 Å². The largest absolute Gasteiger partial charge is 0.393 e. The van der Waals surface area contributed by atoms with E-state index in [0.29, 0.717) is 11.9 Å². The van der Waals surface area contributed by atoms with E-state index in [4.69, 9.17) is 5.73 Å². The number of nitrogens with one attached hydrogen (secondary N) is 1. The van der Waals surface area contributed by atoms with Crippen molar-refractivity contribution in [2.45, 2.75) is 44.8 Å². The summed E-state index contributed by atoms with van der Waals surface area (Å²) < 4.78 is 0. The molecule has 5 nitrogen and oxygen atoms in total. The Morgan fingerprint density at radius 1 is 1.50 bits per heavy atom. The third kappa shape index (κ3) is 2.24. The van der Waals surface area contributed by atoms with Gasteiger partial charge in [0.2, 0.25) is 0 Å². The van der Waals surface area contributed by atoms with Crippen molar-refractivity contribution in [1.29, 1.82) is 0 Å². The van der Waals surface area contributed by atoms with E-state index < -0.39 is 0 Å². The maximum absolute atomic E-state index is 9.23. The van der Waals surface area contributed by atoms with Gasteiger partial charge in [0.1, 0.15) is 18.0 Å². The molecule has 1 aromatic rings. The third-order valence-electron chi connectivity index (χ3n) is 2.93. The number of aromatic nitrogens is 2. The van der Waals surface area contributed by atoms with Gasteiger partial charge in [0.05, 0.1) is 6.10 Å². The average molecular weight is 222 g/mol. The number of anilines is 2. The molecule has 1 aromatic heterocycles. The molecule has 1 heterocycles. The summed E-state index contributed by atoms with van der Waals surface area (Å²) in [4.78, 5) is 8.22. The predicted octanol–water partition coefficient (Wildman–Crippen LogP) is 0.947. The van der Waals surface area contributed by atoms with Crippen LogP contribution >= 0.6 is 0 Å². The number of hydrogen-bond donors (Lipinski definition) is 3. The zero-order valence-corrected chi connectivity index (χ0v) is 9.48. The second-order valence-corrected chi connectivity index (χ2v) is 4.30. The Morgan fingerprint density at radius 2 is 2.25 bits per heavy atom. The van der Waals surface area contributed by atoms with Gasteiger partial charge in [-0.25, -0.2) is 9.97 Å². The molecule has 0 amide bonds. The van der Waals surface area contributed by atoms with Crippen LogP contribution in [0, 0.1) is 0 Å². The summed E-state index contributed by atoms with van der Waals surface area (Å²) >= 11 is 0. The number of hydrogen-bond acceptors (Lipinski definition) is 5. The molecule has 16 heavy (non-hydrogen) atoms. The summed E-state index contributed by atoms with van der Waals surface area (Å²) in [5.41, 5.74) is 6.82. The lowest BCUT2D eigenvalue weighted by Gasteiger charge is -2.32. The lowest BCUT2D eigenvalue weighted by molar-refractivity contribution is 0.0835. The zero-order chi connectivity index (χ0) is 11.5. The summed E-state index contributed by atoms with van der Waals surface area (Å²) in [7, 11) is 0. The zero-order valence-electron chi connectivity index (χ0n) is 9.48. The van der Waals surface area contributed by atoms with E-state index in [1.165, 1.54) is 6.33 Å². The molecule has 1 fully saturated rings. The van der Waals surface area contributed by atoms with Crippen LogP contribution in [0.15, 0.2) is 6.33 Å². The standard InChI is InChI=1S/C11H18N4O/c1-2-3-9-10(12)13-6-14-11(9)15-7-4-8(16)5-7/h6-8,16H,2-5H2,1H3,(H3,12,13,14,15). The number of nitrogens with two attached hydrogens (primary N) is 1. The molecule has 88 valence electrons. The second-order valence-electron chi connectivity index (χ2n) is 4.30. The molecule has 0 radical (unpaired) electrons. The molecule has 0 atom stereocenters. The lowest BCUT2D eigenvalue weighted by Crippen LogP contribution is -2.39. The van der Waals surface area contributed by atoms with Crippen molar-refractivity contribution in [3.8, 4) is 0 Å². The maximum atomic E-state index is 9.23. The number of nitrogen functional groups attached to an aromatic ring is 1. The van der Waals surface area contributed by atoms with Gasteiger partial charge in [-0.3, -0.25) is 0 Å². The van der Waals surface area contributed by atoms with Crippen LogP contribution in [0.4, 0.5) is 11.6 Å². The van der Waals surface area contributed by atoms with Crippen LogP contribution in [0.5, 0.6) is 0 Å². The second kappa shape index (κ2) is 4.65. The molecule has 0 aromatic carbocycles. The minimum atomic E-state index is -0.161. The molecule has 0 unspecified atom stereocenters. The Morgan fingerprint density at radius 3 is 2.88 bits per heavy atom. The summed E-state index contributed by atoms with van der Waals surface area (Å²) in [5, 5.41) is 12.5. The summed E-state index contributed by atoms with van der Waals surface area (Å²) in [5.74, 6) is 1.38. The molecule has 1 aliphatic carbocycles. The highest BCUT2D eigenvalue weighted by molar-refractivity contribution is 5.55. The molecule has 4 N–H and O–H groups in total. The summed E-state index contributed by atoms with van der Waals surface area (Å²) in [6.07, 6.45) is 4.78. The fourth-order valence-electron chi connectivity index (χ4n) is 1.95. The first-order valence-electron chi connectivity index (χ1n) is 5.74. The Balaban J connectivity index is 2.09. The lowest BCUT2D eigenvalue weighted by atomic mass is 9.89. The molecule has 0 bridgehead atoms. The predicted molar refractivity (Wildman–Crippen MR) is 63.1 cm³/mol. The SMILES string of the molecule is CCCc1c(N)ncnc1NC1CC(O)C1. The van der Waals surface area contributed by atoms with Crippen LogP contribution < -0.4 is 11.1 Å². The first-order valence-corrected chi connectivity index (χ1v) is 5.74. The van der Waals surface area contributed by atoms with E-state index in [1.54, 1.807) is 0 Å². The fourth-order valence-corrected chi connectivity index (χ4v) is 1.95. The van der Waals surface area contributed by atoms with E-state index in [1.807, 2.05) is 0 Å². The van der Waals surface area contributed by atoms with Crippen molar-refractivity contribution in [1.82, 2.24) is 9.97 Å². The minimum absolute atomic E-state index is 0.161. The Hall–Kier alpha value is -1.36. The van der Waals surface area contributed by atoms with E-state index in [-0.39, 0.29) is 6.10 Å². The monoisotopic (exact) mass is 222 g/mol. The van der Waals surface area contributed by atoms with Gasteiger partial charge >= 0.3 is 0 Å². The first kappa shape index (κ1) is 11.1. The molecular weight excluding hydrogens is 204 g/mol. The molecule has 0 aliphatic heterocycles. The molecular formula is C11H18N4O. The van der Waals surface area contributed by atoms with Crippen LogP contribution in [0.2, 0.25) is 0 Å². The summed E-state index contributed by atoms with van der Waals surface area (Å²) in [6.45, 7) is 2.10. The fraction of sp³-hybridized carbons (Fsp3) is 0.636. The van der Waals surface area contributed by atoms with Crippen molar-refractivity contribution in [3.05, 3.63) is 11.9 Å². The van der Waals surface area contributed by atoms with E-state index in [2.05, 4.69) is 22.2 Å². The number of rotatable bonds is 4. The van der Waals surface area contributed by atoms with Gasteiger partial charge < -0.3 is 16.2 Å². The molecule has 1 aliphatic rings. The highest BCUT2D eigenvalue weighted by Crippen LogP contribution is 2.26. The third-order valence-corrected chi connectivity index (χ3v) is 2.93. The first-order chi connectivity index (χ1) is 7.70. The van der Waals surface area contributed by atoms with Crippen molar-refractivity contribution >= 4 is 11.6 Å². The van der Waals surface area contributed by atoms with Crippen LogP contribution in [-0.4, -0.2) is 27.2 Å². The van der Waals surface area contributed by atoms with Gasteiger partial charge in [0.15, 0.2) is 0 Å². The number of nitrogens with zero attached hydrogens (tertiary/aromatic N) is 2. The molecule has 1 saturated carbocycles. The summed E-state index contributed by atoms with van der Waals surface area (Å²) in [6, 6.07) is 0.319. The van der Waals surface area contributed by atoms with Gasteiger partial charge in [-0.2, -0.15) is 0 Å². The molecule has 5 heteroatoms. The van der Waals surface area contributed by atoms with Gasteiger partial charge in [0, 0.05) is 11.6 Å². The van der Waals surface area contributed by atoms with Crippen molar-refractivity contribution in [2.24, 2.45) is 0 Å². The molecule has 0 spiro atoms. The van der Waals surface area contributed by atoms with Crippen LogP contribution in [0.25, 0.3) is 0 Å². The molecule has 2 rings (SSSR count). The minimum Gasteiger partial charge on any atom is -0.393 e. The van der Waals surface area contributed by atoms with Crippen LogP contribution in [-0.2, 0) is 6.42 Å². The highest BCUT2D eigenvalue weighted by Gasteiger charge is 2.27. The Bertz CT molecular complexity index is 363. The average Bonchev–Trinajstić information content (AvgIpc) is 2.21. The van der Waals surface area contributed by atoms with E-state index >= 15 is 0 Å². The number of aliphatic hydroxyl groups is 1. The van der Waals surface area contributed by atoms with E-state index in [9.17, 15) is 5.11 Å². The topological polar surface area (TPSA) is 84.1 Å². The van der Waals surface area contributed by atoms with Crippen LogP contribution in [0.3, 0.4) is 0 Å². The highest BCUT2D eigenvalue weighted by atomic mass is 16.3. The molecule has 0 saturated heterocycles. The van der Waals surface area contributed by atoms with Gasteiger partial charge in [-0.1, -0.05) is 13.3 Å². The van der Waals surface area contributed by atoms with E-state index in [0.717, 1.165) is 37.1 Å². The maximum Gasteiger partial charge on any atom is 0.134 e. The van der Waals surface area contributed by atoms with Crippen LogP contribution in [0.1, 0.15) is 31.7 Å². The van der Waals surface area contributed by atoms with Gasteiger partial charge in [-0.05, 0) is 19.3 Å². The Labute approximate surface area is 95.1 Å². The van der Waals surface area contributed by atoms with Crippen molar-refractivity contribution < 1.29 is 5.11 Å². The quantitative estimate of drug-likeness (QED) is 0.706. The Kier molecular flexibility index (Phi) is 3.24. The van der Waals surface area contributed by atoms with Gasteiger partial charge in [0.25, 0.3) is 0 Å².